The standard InChI is InChI=1S/C20H18ClN3O4/c21-14-2-3-16-15(10-14)20(26)24(12-23-16)11-19(25)22-6-5-13-1-4-17-18(9-13)28-8-7-27-17/h1-4,9-10,12H,5-8,11H2,(H,22,25). The lowest BCUT2D eigenvalue weighted by Gasteiger charge is -2.18. The molecule has 0 saturated carbocycles. The van der Waals surface area contributed by atoms with Crippen LogP contribution in [-0.4, -0.2) is 35.2 Å². The van der Waals surface area contributed by atoms with Gasteiger partial charge in [-0.2, -0.15) is 0 Å². The number of amides is 1. The van der Waals surface area contributed by atoms with E-state index in [1.165, 1.54) is 10.9 Å². The van der Waals surface area contributed by atoms with Crippen LogP contribution in [0.2, 0.25) is 5.02 Å². The van der Waals surface area contributed by atoms with Crippen molar-refractivity contribution in [2.24, 2.45) is 0 Å². The molecule has 1 N–H and O–H groups in total. The second-order valence-electron chi connectivity index (χ2n) is 6.42. The molecule has 0 spiro atoms. The summed E-state index contributed by atoms with van der Waals surface area (Å²) in [6, 6.07) is 10.6. The molecule has 8 heteroatoms. The van der Waals surface area contributed by atoms with Gasteiger partial charge in [-0.15, -0.1) is 0 Å². The van der Waals surface area contributed by atoms with Gasteiger partial charge < -0.3 is 14.8 Å². The molecule has 28 heavy (non-hydrogen) atoms. The molecule has 1 aliphatic rings. The largest absolute Gasteiger partial charge is 0.486 e. The smallest absolute Gasteiger partial charge is 0.261 e. The third-order valence-electron chi connectivity index (χ3n) is 4.44. The average Bonchev–Trinajstić information content (AvgIpc) is 2.70. The fraction of sp³-hybridized carbons (Fsp3) is 0.250. The SMILES string of the molecule is O=C(Cn1cnc2ccc(Cl)cc2c1=O)NCCc1ccc2c(c1)OCCO2. The molecule has 4 rings (SSSR count). The normalized spacial score (nSPS) is 12.8. The van der Waals surface area contributed by atoms with Crippen molar-refractivity contribution in [3.05, 3.63) is 63.7 Å². The number of rotatable bonds is 5. The van der Waals surface area contributed by atoms with Gasteiger partial charge in [-0.05, 0) is 42.3 Å². The summed E-state index contributed by atoms with van der Waals surface area (Å²) < 4.78 is 12.3. The Labute approximate surface area is 165 Å². The maximum atomic E-state index is 12.5. The van der Waals surface area contributed by atoms with Crippen molar-refractivity contribution in [3.63, 3.8) is 0 Å². The van der Waals surface area contributed by atoms with Crippen LogP contribution in [0.3, 0.4) is 0 Å². The number of ether oxygens (including phenoxy) is 2. The first-order valence-corrected chi connectivity index (χ1v) is 9.28. The molecule has 0 saturated heterocycles. The highest BCUT2D eigenvalue weighted by molar-refractivity contribution is 6.31. The molecule has 0 bridgehead atoms. The lowest BCUT2D eigenvalue weighted by Crippen LogP contribution is -2.33. The number of aromatic nitrogens is 2. The number of nitrogens with one attached hydrogen (secondary N) is 1. The molecule has 7 nitrogen and oxygen atoms in total. The first kappa shape index (κ1) is 18.3. The van der Waals surface area contributed by atoms with Crippen LogP contribution < -0.4 is 20.3 Å². The third kappa shape index (κ3) is 3.94. The van der Waals surface area contributed by atoms with Gasteiger partial charge >= 0.3 is 0 Å². The Balaban J connectivity index is 1.36. The molecule has 1 amide bonds. The number of benzene rings is 2. The molecule has 1 aliphatic heterocycles. The van der Waals surface area contributed by atoms with Gasteiger partial charge in [0.15, 0.2) is 11.5 Å². The summed E-state index contributed by atoms with van der Waals surface area (Å²) >= 11 is 5.95. The van der Waals surface area contributed by atoms with Gasteiger partial charge in [0, 0.05) is 11.6 Å². The van der Waals surface area contributed by atoms with Crippen LogP contribution in [0.5, 0.6) is 11.5 Å². The molecular formula is C20H18ClN3O4. The number of halogens is 1. The van der Waals surface area contributed by atoms with Crippen LogP contribution in [0.25, 0.3) is 10.9 Å². The van der Waals surface area contributed by atoms with Gasteiger partial charge in [0.2, 0.25) is 5.91 Å². The van der Waals surface area contributed by atoms with Crippen LogP contribution in [-0.2, 0) is 17.8 Å². The van der Waals surface area contributed by atoms with Crippen LogP contribution in [0, 0.1) is 0 Å². The van der Waals surface area contributed by atoms with Crippen LogP contribution >= 0.6 is 11.6 Å². The molecule has 1 aromatic heterocycles. The van der Waals surface area contributed by atoms with E-state index < -0.39 is 0 Å². The van der Waals surface area contributed by atoms with E-state index in [0.29, 0.717) is 42.1 Å². The van der Waals surface area contributed by atoms with Gasteiger partial charge in [0.25, 0.3) is 5.56 Å². The van der Waals surface area contributed by atoms with Crippen molar-refractivity contribution in [3.8, 4) is 11.5 Å². The topological polar surface area (TPSA) is 82.5 Å². The molecular weight excluding hydrogens is 382 g/mol. The number of nitrogens with zero attached hydrogens (tertiary/aromatic N) is 2. The van der Waals surface area contributed by atoms with E-state index in [2.05, 4.69) is 10.3 Å². The lowest BCUT2D eigenvalue weighted by molar-refractivity contribution is -0.121. The molecule has 0 unspecified atom stereocenters. The van der Waals surface area contributed by atoms with E-state index in [1.807, 2.05) is 18.2 Å². The highest BCUT2D eigenvalue weighted by atomic mass is 35.5. The minimum atomic E-state index is -0.297. The van der Waals surface area contributed by atoms with Crippen molar-refractivity contribution in [2.75, 3.05) is 19.8 Å². The van der Waals surface area contributed by atoms with E-state index in [0.717, 1.165) is 17.1 Å². The fourth-order valence-electron chi connectivity index (χ4n) is 3.04. The Kier molecular flexibility index (Phi) is 5.16. The first-order valence-electron chi connectivity index (χ1n) is 8.90. The van der Waals surface area contributed by atoms with Crippen molar-refractivity contribution in [2.45, 2.75) is 13.0 Å². The van der Waals surface area contributed by atoms with Crippen molar-refractivity contribution in [1.82, 2.24) is 14.9 Å². The zero-order chi connectivity index (χ0) is 19.5. The van der Waals surface area contributed by atoms with E-state index in [4.69, 9.17) is 21.1 Å². The Morgan fingerprint density at radius 3 is 2.82 bits per heavy atom. The predicted octanol–water partition coefficient (Wildman–Crippen LogP) is 2.18. The van der Waals surface area contributed by atoms with E-state index >= 15 is 0 Å². The second kappa shape index (κ2) is 7.90. The van der Waals surface area contributed by atoms with Crippen molar-refractivity contribution >= 4 is 28.4 Å². The van der Waals surface area contributed by atoms with E-state index in [9.17, 15) is 9.59 Å². The molecule has 2 heterocycles. The number of hydrogen-bond donors (Lipinski definition) is 1. The number of carbonyl (C=O) groups excluding carboxylic acids is 1. The minimum Gasteiger partial charge on any atom is -0.486 e. The lowest BCUT2D eigenvalue weighted by atomic mass is 10.1. The second-order valence-corrected chi connectivity index (χ2v) is 6.85. The predicted molar refractivity (Wildman–Crippen MR) is 105 cm³/mol. The zero-order valence-electron chi connectivity index (χ0n) is 15.0. The Morgan fingerprint density at radius 1 is 1.14 bits per heavy atom. The maximum absolute atomic E-state index is 12.5. The molecule has 0 fully saturated rings. The van der Waals surface area contributed by atoms with Crippen LogP contribution in [0.1, 0.15) is 5.56 Å². The van der Waals surface area contributed by atoms with Crippen LogP contribution in [0.4, 0.5) is 0 Å². The van der Waals surface area contributed by atoms with Gasteiger partial charge in [0.1, 0.15) is 19.8 Å². The molecule has 0 atom stereocenters. The molecule has 0 aliphatic carbocycles. The quantitative estimate of drug-likeness (QED) is 0.711. The first-order chi connectivity index (χ1) is 13.6. The molecule has 3 aromatic rings. The number of carbonyl (C=O) groups is 1. The van der Waals surface area contributed by atoms with E-state index in [-0.39, 0.29) is 18.0 Å². The monoisotopic (exact) mass is 399 g/mol. The molecule has 0 radical (unpaired) electrons. The molecule has 144 valence electrons. The third-order valence-corrected chi connectivity index (χ3v) is 4.68. The fourth-order valence-corrected chi connectivity index (χ4v) is 3.22. The summed E-state index contributed by atoms with van der Waals surface area (Å²) in [5.74, 6) is 1.20. The average molecular weight is 400 g/mol. The Morgan fingerprint density at radius 2 is 1.96 bits per heavy atom. The summed E-state index contributed by atoms with van der Waals surface area (Å²) in [5, 5.41) is 3.66. The summed E-state index contributed by atoms with van der Waals surface area (Å²) in [5.41, 5.74) is 1.28. The van der Waals surface area contributed by atoms with Gasteiger partial charge in [-0.25, -0.2) is 4.98 Å². The van der Waals surface area contributed by atoms with Crippen molar-refractivity contribution in [1.29, 1.82) is 0 Å². The summed E-state index contributed by atoms with van der Waals surface area (Å²) in [6.45, 7) is 1.43. The minimum absolute atomic E-state index is 0.102. The van der Waals surface area contributed by atoms with Crippen LogP contribution in [0.15, 0.2) is 47.5 Å². The highest BCUT2D eigenvalue weighted by Crippen LogP contribution is 2.30. The maximum Gasteiger partial charge on any atom is 0.261 e. The van der Waals surface area contributed by atoms with Gasteiger partial charge in [0.05, 0.1) is 17.2 Å². The van der Waals surface area contributed by atoms with Gasteiger partial charge in [-0.3, -0.25) is 14.2 Å². The number of hydrogen-bond acceptors (Lipinski definition) is 5. The molecule has 2 aromatic carbocycles. The Hall–Kier alpha value is -3.06. The summed E-state index contributed by atoms with van der Waals surface area (Å²) in [7, 11) is 0. The highest BCUT2D eigenvalue weighted by Gasteiger charge is 2.12. The van der Waals surface area contributed by atoms with Crippen molar-refractivity contribution < 1.29 is 14.3 Å². The summed E-state index contributed by atoms with van der Waals surface area (Å²) in [4.78, 5) is 28.9. The Bertz CT molecular complexity index is 1100. The van der Waals surface area contributed by atoms with E-state index in [1.54, 1.807) is 18.2 Å². The number of fused-ring (bicyclic) bond motifs is 2. The van der Waals surface area contributed by atoms with Gasteiger partial charge in [-0.1, -0.05) is 17.7 Å². The zero-order valence-corrected chi connectivity index (χ0v) is 15.7. The summed E-state index contributed by atoms with van der Waals surface area (Å²) in [6.07, 6.45) is 2.02.